The molecule has 0 aliphatic heterocycles. The van der Waals surface area contributed by atoms with Crippen molar-refractivity contribution in [2.45, 2.75) is 25.8 Å². The molecule has 1 N–H and O–H groups in total. The average Bonchev–Trinajstić information content (AvgIpc) is 3.17. The van der Waals surface area contributed by atoms with Crippen LogP contribution in [0.2, 0.25) is 0 Å². The van der Waals surface area contributed by atoms with Gasteiger partial charge in [-0.1, -0.05) is 0 Å². The highest BCUT2D eigenvalue weighted by Crippen LogP contribution is 2.28. The van der Waals surface area contributed by atoms with Crippen LogP contribution in [0.5, 0.6) is 0 Å². The summed E-state index contributed by atoms with van der Waals surface area (Å²) in [6.45, 7) is 1.18. The zero-order valence-corrected chi connectivity index (χ0v) is 16.0. The third kappa shape index (κ3) is 4.93. The number of aromatic nitrogens is 2. The summed E-state index contributed by atoms with van der Waals surface area (Å²) in [6, 6.07) is 2.65. The molecular weight excluding hydrogens is 414 g/mol. The Hall–Kier alpha value is -3.44. The summed E-state index contributed by atoms with van der Waals surface area (Å²) in [5.74, 6) is -2.52. The lowest BCUT2D eigenvalue weighted by atomic mass is 10.1. The molecule has 0 radical (unpaired) electrons. The number of hydrogen-bond acceptors (Lipinski definition) is 6. The zero-order chi connectivity index (χ0) is 22.6. The summed E-state index contributed by atoms with van der Waals surface area (Å²) < 4.78 is 61.7. The van der Waals surface area contributed by atoms with Gasteiger partial charge in [0.2, 0.25) is 5.91 Å². The second kappa shape index (κ2) is 9.37. The Labute approximate surface area is 167 Å². The first-order chi connectivity index (χ1) is 14.1. The molecular formula is C18H17F4N3O5. The second-order valence-electron chi connectivity index (χ2n) is 5.99. The van der Waals surface area contributed by atoms with Crippen LogP contribution in [0.25, 0.3) is 0 Å². The van der Waals surface area contributed by atoms with Crippen LogP contribution in [0.1, 0.15) is 57.9 Å². The van der Waals surface area contributed by atoms with E-state index in [4.69, 9.17) is 0 Å². The minimum atomic E-state index is -3.14. The van der Waals surface area contributed by atoms with Crippen LogP contribution in [-0.2, 0) is 14.3 Å². The highest BCUT2D eigenvalue weighted by molar-refractivity contribution is 6.00. The Kier molecular flexibility index (Phi) is 7.14. The number of esters is 2. The highest BCUT2D eigenvalue weighted by Gasteiger charge is 2.27. The number of methoxy groups -OCH3 is 2. The molecule has 2 aromatic rings. The van der Waals surface area contributed by atoms with E-state index < -0.39 is 48.1 Å². The molecule has 12 heteroatoms. The fourth-order valence-electron chi connectivity index (χ4n) is 2.54. The summed E-state index contributed by atoms with van der Waals surface area (Å²) in [6.07, 6.45) is -6.24. The highest BCUT2D eigenvalue weighted by atomic mass is 19.3. The van der Waals surface area contributed by atoms with Crippen LogP contribution < -0.4 is 5.32 Å². The first kappa shape index (κ1) is 22.8. The molecule has 1 aromatic heterocycles. The van der Waals surface area contributed by atoms with Crippen molar-refractivity contribution >= 4 is 23.5 Å². The van der Waals surface area contributed by atoms with Gasteiger partial charge in [-0.05, 0) is 31.2 Å². The third-order valence-electron chi connectivity index (χ3n) is 4.02. The van der Waals surface area contributed by atoms with Crippen molar-refractivity contribution in [2.24, 2.45) is 0 Å². The van der Waals surface area contributed by atoms with Gasteiger partial charge in [0, 0.05) is 5.69 Å². The van der Waals surface area contributed by atoms with Crippen molar-refractivity contribution in [3.8, 4) is 0 Å². The number of anilines is 1. The van der Waals surface area contributed by atoms with E-state index in [2.05, 4.69) is 19.9 Å². The Morgan fingerprint density at radius 2 is 1.47 bits per heavy atom. The number of amides is 1. The van der Waals surface area contributed by atoms with Crippen LogP contribution in [0.4, 0.5) is 23.2 Å². The fraction of sp³-hybridized carbons (Fsp3) is 0.333. The predicted molar refractivity (Wildman–Crippen MR) is 94.6 cm³/mol. The molecule has 0 saturated heterocycles. The molecule has 1 aromatic carbocycles. The average molecular weight is 431 g/mol. The van der Waals surface area contributed by atoms with E-state index >= 15 is 0 Å². The van der Waals surface area contributed by atoms with Crippen LogP contribution in [0.15, 0.2) is 24.3 Å². The summed E-state index contributed by atoms with van der Waals surface area (Å²) in [5.41, 5.74) is -1.97. The quantitative estimate of drug-likeness (QED) is 0.532. The van der Waals surface area contributed by atoms with Crippen LogP contribution >= 0.6 is 0 Å². The normalized spacial score (nSPS) is 12.0. The van der Waals surface area contributed by atoms with Gasteiger partial charge in [-0.15, -0.1) is 0 Å². The Morgan fingerprint density at radius 3 is 1.90 bits per heavy atom. The molecule has 1 heterocycles. The van der Waals surface area contributed by atoms with Crippen LogP contribution in [0, 0.1) is 0 Å². The number of carbonyl (C=O) groups excluding carboxylic acids is 3. The topological polar surface area (TPSA) is 99.5 Å². The van der Waals surface area contributed by atoms with Gasteiger partial charge in [-0.25, -0.2) is 27.2 Å². The van der Waals surface area contributed by atoms with Gasteiger partial charge in [0.05, 0.1) is 25.3 Å². The van der Waals surface area contributed by atoms with E-state index in [1.54, 1.807) is 0 Å². The molecule has 8 nitrogen and oxygen atoms in total. The molecule has 1 amide bonds. The first-order valence-corrected chi connectivity index (χ1v) is 8.37. The molecule has 0 fully saturated rings. The summed E-state index contributed by atoms with van der Waals surface area (Å²) in [7, 11) is 2.22. The van der Waals surface area contributed by atoms with Gasteiger partial charge < -0.3 is 14.8 Å². The van der Waals surface area contributed by atoms with Crippen molar-refractivity contribution in [2.75, 3.05) is 19.5 Å². The molecule has 0 aliphatic carbocycles. The van der Waals surface area contributed by atoms with Crippen molar-refractivity contribution in [1.29, 1.82) is 0 Å². The lowest BCUT2D eigenvalue weighted by Gasteiger charge is -2.16. The number of nitrogens with one attached hydrogen (secondary N) is 1. The summed E-state index contributed by atoms with van der Waals surface area (Å²) >= 11 is 0. The number of carbonyl (C=O) groups is 3. The van der Waals surface area contributed by atoms with Crippen molar-refractivity contribution in [3.05, 3.63) is 46.8 Å². The van der Waals surface area contributed by atoms with Gasteiger partial charge in [-0.2, -0.15) is 5.10 Å². The van der Waals surface area contributed by atoms with Crippen molar-refractivity contribution < 1.29 is 41.4 Å². The maximum Gasteiger partial charge on any atom is 0.337 e. The standard InChI is InChI=1S/C18H17F4N3O5/c1-8(25-13(15(21)22)7-12(24-25)14(19)20)16(26)23-11-5-9(17(27)29-2)4-10(6-11)18(28)30-3/h4-8,14-15H,1-3H3,(H,23,26). The lowest BCUT2D eigenvalue weighted by molar-refractivity contribution is -0.119. The molecule has 162 valence electrons. The smallest absolute Gasteiger partial charge is 0.337 e. The van der Waals surface area contributed by atoms with Gasteiger partial charge in [-0.3, -0.25) is 9.48 Å². The molecule has 1 atom stereocenters. The van der Waals surface area contributed by atoms with E-state index in [0.717, 1.165) is 14.2 Å². The molecule has 0 aliphatic rings. The first-order valence-electron chi connectivity index (χ1n) is 8.37. The van der Waals surface area contributed by atoms with Gasteiger partial charge >= 0.3 is 11.9 Å². The van der Waals surface area contributed by atoms with Gasteiger partial charge in [0.25, 0.3) is 12.9 Å². The summed E-state index contributed by atoms with van der Waals surface area (Å²) in [5, 5.41) is 5.73. The van der Waals surface area contributed by atoms with E-state index in [1.807, 2.05) is 0 Å². The number of alkyl halides is 4. The predicted octanol–water partition coefficient (Wildman–Crippen LogP) is 3.53. The van der Waals surface area contributed by atoms with Gasteiger partial charge in [0.15, 0.2) is 0 Å². The van der Waals surface area contributed by atoms with E-state index in [9.17, 15) is 31.9 Å². The van der Waals surface area contributed by atoms with E-state index in [-0.39, 0.29) is 16.8 Å². The lowest BCUT2D eigenvalue weighted by Crippen LogP contribution is -2.26. The number of ether oxygens (including phenoxy) is 2. The fourth-order valence-corrected chi connectivity index (χ4v) is 2.54. The number of rotatable bonds is 7. The van der Waals surface area contributed by atoms with E-state index in [1.165, 1.54) is 25.1 Å². The van der Waals surface area contributed by atoms with E-state index in [0.29, 0.717) is 10.7 Å². The minimum Gasteiger partial charge on any atom is -0.465 e. The maximum atomic E-state index is 13.2. The third-order valence-corrected chi connectivity index (χ3v) is 4.02. The number of hydrogen-bond donors (Lipinski definition) is 1. The SMILES string of the molecule is COC(=O)c1cc(NC(=O)C(C)n2nc(C(F)F)cc2C(F)F)cc(C(=O)OC)c1. The maximum absolute atomic E-state index is 13.2. The largest absolute Gasteiger partial charge is 0.465 e. The summed E-state index contributed by atoms with van der Waals surface area (Å²) in [4.78, 5) is 36.1. The molecule has 30 heavy (non-hydrogen) atoms. The molecule has 0 bridgehead atoms. The number of nitrogens with zero attached hydrogens (tertiary/aromatic N) is 2. The molecule has 1 unspecified atom stereocenters. The Balaban J connectivity index is 2.37. The van der Waals surface area contributed by atoms with Crippen molar-refractivity contribution in [3.63, 3.8) is 0 Å². The minimum absolute atomic E-state index is 0.0463. The Morgan fingerprint density at radius 1 is 0.933 bits per heavy atom. The molecule has 0 spiro atoms. The molecule has 0 saturated carbocycles. The van der Waals surface area contributed by atoms with Crippen LogP contribution in [-0.4, -0.2) is 41.8 Å². The van der Waals surface area contributed by atoms with Gasteiger partial charge in [0.1, 0.15) is 17.4 Å². The zero-order valence-electron chi connectivity index (χ0n) is 16.0. The van der Waals surface area contributed by atoms with Crippen molar-refractivity contribution in [1.82, 2.24) is 9.78 Å². The monoisotopic (exact) mass is 431 g/mol. The van der Waals surface area contributed by atoms with Crippen LogP contribution in [0.3, 0.4) is 0 Å². The number of halogens is 4. The Bertz CT molecular complexity index is 927. The molecule has 2 rings (SSSR count). The number of benzene rings is 1. The second-order valence-corrected chi connectivity index (χ2v) is 5.99.